The number of hydrogen-bond acceptors (Lipinski definition) is 3. The number of amides is 3. The number of nitrogens with one attached hydrogen (secondary N) is 2. The van der Waals surface area contributed by atoms with Gasteiger partial charge in [-0.05, 0) is 24.1 Å². The predicted octanol–water partition coefficient (Wildman–Crippen LogP) is 2.97. The highest BCUT2D eigenvalue weighted by atomic mass is 16.2. The second kappa shape index (κ2) is 7.90. The highest BCUT2D eigenvalue weighted by molar-refractivity contribution is 5.98. The Bertz CT molecular complexity index is 582. The number of piperidine rings is 1. The lowest BCUT2D eigenvalue weighted by Gasteiger charge is -2.22. The van der Waals surface area contributed by atoms with Crippen LogP contribution in [0.15, 0.2) is 24.3 Å². The van der Waals surface area contributed by atoms with Gasteiger partial charge in [0, 0.05) is 30.4 Å². The van der Waals surface area contributed by atoms with Gasteiger partial charge in [0.05, 0.1) is 0 Å². The summed E-state index contributed by atoms with van der Waals surface area (Å²) >= 11 is 0. The summed E-state index contributed by atoms with van der Waals surface area (Å²) < 4.78 is 0. The first-order chi connectivity index (χ1) is 11.0. The van der Waals surface area contributed by atoms with E-state index in [2.05, 4.69) is 17.6 Å². The molecule has 3 amide bonds. The Morgan fingerprint density at radius 1 is 1.30 bits per heavy atom. The molecule has 23 heavy (non-hydrogen) atoms. The second-order valence-corrected chi connectivity index (χ2v) is 6.23. The summed E-state index contributed by atoms with van der Waals surface area (Å²) in [4.78, 5) is 35.2. The Labute approximate surface area is 136 Å². The molecule has 1 aliphatic heterocycles. The smallest absolute Gasteiger partial charge is 0.227 e. The van der Waals surface area contributed by atoms with Gasteiger partial charge < -0.3 is 5.32 Å². The topological polar surface area (TPSA) is 75.3 Å². The zero-order valence-corrected chi connectivity index (χ0v) is 13.7. The van der Waals surface area contributed by atoms with Crippen LogP contribution in [-0.2, 0) is 14.4 Å². The van der Waals surface area contributed by atoms with Gasteiger partial charge in [0.15, 0.2) is 0 Å². The van der Waals surface area contributed by atoms with E-state index in [4.69, 9.17) is 0 Å². The lowest BCUT2D eigenvalue weighted by atomic mass is 9.89. The Kier molecular flexibility index (Phi) is 5.90. The van der Waals surface area contributed by atoms with E-state index in [1.165, 1.54) is 0 Å². The molecule has 1 aliphatic rings. The van der Waals surface area contributed by atoms with Crippen molar-refractivity contribution in [1.82, 2.24) is 5.32 Å². The van der Waals surface area contributed by atoms with Gasteiger partial charge in [-0.25, -0.2) is 0 Å². The van der Waals surface area contributed by atoms with Crippen molar-refractivity contribution in [3.8, 4) is 0 Å². The first-order valence-electron chi connectivity index (χ1n) is 8.23. The molecule has 1 aromatic carbocycles. The van der Waals surface area contributed by atoms with Crippen LogP contribution in [0.3, 0.4) is 0 Å². The molecule has 5 heteroatoms. The summed E-state index contributed by atoms with van der Waals surface area (Å²) in [5, 5.41) is 5.24. The van der Waals surface area contributed by atoms with E-state index in [0.29, 0.717) is 18.5 Å². The van der Waals surface area contributed by atoms with Crippen LogP contribution in [0, 0.1) is 5.92 Å². The summed E-state index contributed by atoms with van der Waals surface area (Å²) in [6.07, 6.45) is 3.59. The van der Waals surface area contributed by atoms with Gasteiger partial charge in [-0.15, -0.1) is 0 Å². The molecule has 0 aromatic heterocycles. The van der Waals surface area contributed by atoms with E-state index in [1.807, 2.05) is 31.2 Å². The van der Waals surface area contributed by atoms with Crippen molar-refractivity contribution in [3.63, 3.8) is 0 Å². The molecule has 2 N–H and O–H groups in total. The molecule has 0 spiro atoms. The van der Waals surface area contributed by atoms with Gasteiger partial charge in [-0.2, -0.15) is 0 Å². The Hall–Kier alpha value is -2.17. The molecule has 1 fully saturated rings. The lowest BCUT2D eigenvalue weighted by Crippen LogP contribution is -2.37. The highest BCUT2D eigenvalue weighted by Crippen LogP contribution is 2.28. The van der Waals surface area contributed by atoms with Crippen LogP contribution in [0.4, 0.5) is 5.69 Å². The molecule has 0 radical (unpaired) electrons. The van der Waals surface area contributed by atoms with Crippen molar-refractivity contribution < 1.29 is 14.4 Å². The third-order valence-electron chi connectivity index (χ3n) is 4.21. The standard InChI is InChI=1S/C18H24N2O3/c1-3-4-6-12(2)18(23)19-15-8-5-7-13(9-15)14-10-16(21)20-17(22)11-14/h5,7-9,12,14H,3-4,6,10-11H2,1-2H3,(H,19,23)(H,20,21,22). The van der Waals surface area contributed by atoms with Crippen molar-refractivity contribution in [2.75, 3.05) is 5.32 Å². The minimum atomic E-state index is -0.242. The minimum absolute atomic E-state index is 0.00747. The lowest BCUT2D eigenvalue weighted by molar-refractivity contribution is -0.133. The average molecular weight is 316 g/mol. The SMILES string of the molecule is CCCCC(C)C(=O)Nc1cccc(C2CC(=O)NC(=O)C2)c1. The van der Waals surface area contributed by atoms with Gasteiger partial charge in [-0.3, -0.25) is 19.7 Å². The summed E-state index contributed by atoms with van der Waals surface area (Å²) in [7, 11) is 0. The first-order valence-corrected chi connectivity index (χ1v) is 8.23. The van der Waals surface area contributed by atoms with Crippen LogP contribution in [-0.4, -0.2) is 17.7 Å². The zero-order chi connectivity index (χ0) is 16.8. The van der Waals surface area contributed by atoms with E-state index >= 15 is 0 Å². The number of hydrogen-bond donors (Lipinski definition) is 2. The number of anilines is 1. The highest BCUT2D eigenvalue weighted by Gasteiger charge is 2.26. The molecule has 5 nitrogen and oxygen atoms in total. The van der Waals surface area contributed by atoms with Gasteiger partial charge in [0.25, 0.3) is 0 Å². The monoisotopic (exact) mass is 316 g/mol. The number of benzene rings is 1. The molecule has 1 aromatic rings. The summed E-state index contributed by atoms with van der Waals surface area (Å²) in [6, 6.07) is 7.44. The molecule has 1 heterocycles. The van der Waals surface area contributed by atoms with Gasteiger partial charge >= 0.3 is 0 Å². The van der Waals surface area contributed by atoms with E-state index in [-0.39, 0.29) is 29.6 Å². The van der Waals surface area contributed by atoms with Crippen LogP contribution in [0.5, 0.6) is 0 Å². The third kappa shape index (κ3) is 4.91. The third-order valence-corrected chi connectivity index (χ3v) is 4.21. The Morgan fingerprint density at radius 3 is 2.65 bits per heavy atom. The largest absolute Gasteiger partial charge is 0.326 e. The van der Waals surface area contributed by atoms with Crippen molar-refractivity contribution in [2.45, 2.75) is 51.9 Å². The molecule has 2 rings (SSSR count). The van der Waals surface area contributed by atoms with Crippen molar-refractivity contribution in [1.29, 1.82) is 0 Å². The number of rotatable bonds is 6. The maximum absolute atomic E-state index is 12.2. The van der Waals surface area contributed by atoms with E-state index in [0.717, 1.165) is 24.8 Å². The molecule has 124 valence electrons. The number of imide groups is 1. The van der Waals surface area contributed by atoms with Crippen LogP contribution in [0.2, 0.25) is 0 Å². The fourth-order valence-electron chi connectivity index (χ4n) is 2.79. The van der Waals surface area contributed by atoms with E-state index in [1.54, 1.807) is 0 Å². The van der Waals surface area contributed by atoms with Crippen LogP contribution in [0.1, 0.15) is 57.4 Å². The maximum Gasteiger partial charge on any atom is 0.227 e. The summed E-state index contributed by atoms with van der Waals surface area (Å²) in [5.74, 6) is -0.623. The van der Waals surface area contributed by atoms with Gasteiger partial charge in [0.2, 0.25) is 17.7 Å². The molecule has 1 atom stereocenters. The van der Waals surface area contributed by atoms with Gasteiger partial charge in [-0.1, -0.05) is 38.8 Å². The first kappa shape index (κ1) is 17.2. The average Bonchev–Trinajstić information content (AvgIpc) is 2.51. The van der Waals surface area contributed by atoms with Crippen molar-refractivity contribution in [2.24, 2.45) is 5.92 Å². The number of unbranched alkanes of at least 4 members (excludes halogenated alkanes) is 1. The second-order valence-electron chi connectivity index (χ2n) is 6.23. The van der Waals surface area contributed by atoms with Crippen molar-refractivity contribution >= 4 is 23.4 Å². The summed E-state index contributed by atoms with van der Waals surface area (Å²) in [6.45, 7) is 4.04. The van der Waals surface area contributed by atoms with Crippen LogP contribution >= 0.6 is 0 Å². The molecule has 0 saturated carbocycles. The molecular weight excluding hydrogens is 292 g/mol. The Morgan fingerprint density at radius 2 is 2.00 bits per heavy atom. The molecule has 0 aliphatic carbocycles. The molecule has 0 bridgehead atoms. The quantitative estimate of drug-likeness (QED) is 0.792. The fraction of sp³-hybridized carbons (Fsp3) is 0.500. The van der Waals surface area contributed by atoms with Crippen LogP contribution in [0.25, 0.3) is 0 Å². The van der Waals surface area contributed by atoms with E-state index in [9.17, 15) is 14.4 Å². The number of carbonyl (C=O) groups excluding carboxylic acids is 3. The maximum atomic E-state index is 12.2. The fourth-order valence-corrected chi connectivity index (χ4v) is 2.79. The molecular formula is C18H24N2O3. The molecule has 1 saturated heterocycles. The minimum Gasteiger partial charge on any atom is -0.326 e. The molecule has 1 unspecified atom stereocenters. The number of carbonyl (C=O) groups is 3. The van der Waals surface area contributed by atoms with Crippen molar-refractivity contribution in [3.05, 3.63) is 29.8 Å². The zero-order valence-electron chi connectivity index (χ0n) is 13.7. The van der Waals surface area contributed by atoms with E-state index < -0.39 is 0 Å². The normalized spacial score (nSPS) is 16.8. The summed E-state index contributed by atoms with van der Waals surface area (Å²) in [5.41, 5.74) is 1.63. The van der Waals surface area contributed by atoms with Gasteiger partial charge in [0.1, 0.15) is 0 Å². The van der Waals surface area contributed by atoms with Crippen LogP contribution < -0.4 is 10.6 Å². The predicted molar refractivity (Wildman–Crippen MR) is 88.9 cm³/mol. The Balaban J connectivity index is 2.03.